The predicted octanol–water partition coefficient (Wildman–Crippen LogP) is 12.7. The van der Waals surface area contributed by atoms with E-state index in [1.807, 2.05) is 125 Å². The summed E-state index contributed by atoms with van der Waals surface area (Å²) < 4.78 is 21.9. The summed E-state index contributed by atoms with van der Waals surface area (Å²) in [6.07, 6.45) is 50.8. The van der Waals surface area contributed by atoms with E-state index in [0.717, 1.165) is 6.42 Å². The van der Waals surface area contributed by atoms with E-state index in [1.54, 1.807) is 158 Å². The molecule has 14 heterocycles. The van der Waals surface area contributed by atoms with Gasteiger partial charge in [0, 0.05) is 97.5 Å². The summed E-state index contributed by atoms with van der Waals surface area (Å²) in [6, 6.07) is 28.2. The van der Waals surface area contributed by atoms with Crippen molar-refractivity contribution in [3.63, 3.8) is 0 Å². The number of rotatable bonds is 0. The molecule has 0 saturated carbocycles. The van der Waals surface area contributed by atoms with Crippen LogP contribution in [0.25, 0.3) is 0 Å². The molecule has 0 amide bonds. The van der Waals surface area contributed by atoms with Crippen LogP contribution in [-0.4, -0.2) is 82.9 Å². The summed E-state index contributed by atoms with van der Waals surface area (Å²) in [4.78, 5) is 27.7. The second kappa shape index (κ2) is 61.0. The van der Waals surface area contributed by atoms with Crippen molar-refractivity contribution in [1.29, 1.82) is 0 Å². The number of oxazole rings is 1. The zero-order valence-electron chi connectivity index (χ0n) is 41.2. The second-order valence-electron chi connectivity index (χ2n) is 12.5. The lowest BCUT2D eigenvalue weighted by Gasteiger charge is -2.08. The molecule has 0 bridgehead atoms. The van der Waals surface area contributed by atoms with Crippen molar-refractivity contribution in [2.24, 2.45) is 0 Å². The molecule has 0 aliphatic carbocycles. The molecule has 0 unspecified atom stereocenters. The van der Waals surface area contributed by atoms with Gasteiger partial charge in [-0.2, -0.15) is 26.6 Å². The Labute approximate surface area is 449 Å². The minimum Gasteiger partial charge on any atom is -0.473 e. The number of allylic oxidation sites excluding steroid dienone is 2. The Morgan fingerprint density at radius 2 is 1.19 bits per heavy atom. The molecule has 1 fully saturated rings. The van der Waals surface area contributed by atoms with Crippen molar-refractivity contribution >= 4 is 34.2 Å². The van der Waals surface area contributed by atoms with Crippen LogP contribution in [0.3, 0.4) is 0 Å². The Kier molecular flexibility index (Phi) is 52.0. The number of aromatic amines is 3. The Hall–Kier alpha value is -9.09. The molecule has 2 aliphatic heterocycles. The first-order valence-corrected chi connectivity index (χ1v) is 25.4. The van der Waals surface area contributed by atoms with Gasteiger partial charge in [-0.15, -0.1) is 11.3 Å². The van der Waals surface area contributed by atoms with Crippen LogP contribution in [0.15, 0.2) is 299 Å². The first-order valence-electron chi connectivity index (χ1n) is 22.6. The summed E-state index contributed by atoms with van der Waals surface area (Å²) >= 11 is 4.78. The maximum atomic E-state index is 4.71. The van der Waals surface area contributed by atoms with E-state index in [9.17, 15) is 0 Å². The number of imidazole rings is 1. The first-order chi connectivity index (χ1) is 37.5. The van der Waals surface area contributed by atoms with Gasteiger partial charge in [-0.3, -0.25) is 15.1 Å². The van der Waals surface area contributed by atoms with Crippen LogP contribution in [0.5, 0.6) is 0 Å². The van der Waals surface area contributed by atoms with Crippen molar-refractivity contribution in [3.8, 4) is 0 Å². The number of hydrogen-bond acceptors (Lipinski definition) is 19. The van der Waals surface area contributed by atoms with Crippen LogP contribution in [0.1, 0.15) is 25.7 Å². The molecule has 12 aromatic heterocycles. The number of thiophene rings is 1. The summed E-state index contributed by atoms with van der Waals surface area (Å²) in [5.41, 5.74) is 1.79. The predicted molar refractivity (Wildman–Crippen MR) is 297 cm³/mol. The Morgan fingerprint density at radius 3 is 1.37 bits per heavy atom. The third kappa shape index (κ3) is 59.1. The number of nitrogens with zero attached hydrogens (tertiary/aromatic N) is 11. The molecule has 14 rings (SSSR count). The topological polar surface area (TPSA) is 250 Å². The molecule has 1 saturated heterocycles. The average Bonchev–Trinajstić information content (AvgIpc) is 4.35. The smallest absolute Gasteiger partial charge is 0.180 e. The van der Waals surface area contributed by atoms with Gasteiger partial charge >= 0.3 is 0 Å². The number of pyridine rings is 1. The largest absolute Gasteiger partial charge is 0.473 e. The van der Waals surface area contributed by atoms with Gasteiger partial charge in [0.1, 0.15) is 18.9 Å². The van der Waals surface area contributed by atoms with E-state index in [4.69, 9.17) is 4.74 Å². The van der Waals surface area contributed by atoms with Gasteiger partial charge in [-0.1, -0.05) is 29.8 Å². The number of H-pyrrole nitrogens is 3. The monoisotopic (exact) mass is 1070 g/mol. The van der Waals surface area contributed by atoms with Crippen molar-refractivity contribution < 1.29 is 18.1 Å². The Bertz CT molecular complexity index is 1830. The number of thiazole rings is 1. The average molecular weight is 1070 g/mol. The molecule has 0 aromatic carbocycles. The highest BCUT2D eigenvalue weighted by atomic mass is 32.1. The van der Waals surface area contributed by atoms with Crippen molar-refractivity contribution in [2.45, 2.75) is 25.7 Å². The SMILES string of the molecule is C1=COC=CC1.C1CCNCC1.c1c[nH]cn1.c1cc[nH]c1.c1ccncc1.c1ccnnc1.c1ccoc1.c1ccsc1.c1cn[nH]c1.c1cncnc1.c1cnoc1.c1cnsc1.c1cocn1.c1cscn1. The van der Waals surface area contributed by atoms with E-state index in [2.05, 4.69) is 88.5 Å². The van der Waals surface area contributed by atoms with Crippen molar-refractivity contribution in [3.05, 3.63) is 286 Å². The van der Waals surface area contributed by atoms with E-state index >= 15 is 0 Å². The lowest BCUT2D eigenvalue weighted by molar-refractivity contribution is 0.393. The molecular weight excluding hydrogens is 1010 g/mol. The number of aromatic nitrogens is 14. The lowest BCUT2D eigenvalue weighted by Crippen LogP contribution is -2.21. The minimum absolute atomic E-state index is 1.01. The first kappa shape index (κ1) is 63.9. The Balaban J connectivity index is 0.000000404. The molecule has 75 heavy (non-hydrogen) atoms. The quantitative estimate of drug-likeness (QED) is 0.110. The normalized spacial score (nSPS) is 10.0. The number of ether oxygens (including phenoxy) is 1. The second-order valence-corrected chi connectivity index (χ2v) is 14.8. The number of hydrogen-bond donors (Lipinski definition) is 4. The molecule has 22 heteroatoms. The molecule has 2 aliphatic rings. The van der Waals surface area contributed by atoms with Crippen LogP contribution in [0.4, 0.5) is 0 Å². The maximum absolute atomic E-state index is 4.71. The standard InChI is InChI=1S/C5H11N.C5H5N.C5H6O.2C4H4N2.C4H5N.C4H4O.C4H4S.2C3H4N2.2C3H3NO.2C3H3NS/c3*1-2-4-6-5-3-1;1-2-5-4-6-3-1;1-2-4-6-5-3-1;3*1-2-4-5-3-1;1-2-5-3-4-1;1-2-4-5-3-1;1-2-5-3-4-1;1-2-4-5-3-1;1-2-5-3-4-1;1-2-4-5-3-1/h6H,1-5H2;1-5H;2-5H,1H2;2*1-4H;1-5H;2*1-4H;2*1-3H,(H,4,5);4*1-3H. The third-order valence-electron chi connectivity index (χ3n) is 6.90. The number of nitrogens with one attached hydrogen (secondary N) is 4. The maximum Gasteiger partial charge on any atom is 0.180 e. The fourth-order valence-electron chi connectivity index (χ4n) is 3.83. The van der Waals surface area contributed by atoms with Crippen LogP contribution >= 0.6 is 34.2 Å². The highest BCUT2D eigenvalue weighted by Crippen LogP contribution is 1.96. The van der Waals surface area contributed by atoms with E-state index < -0.39 is 0 Å². The van der Waals surface area contributed by atoms with Crippen LogP contribution in [0.2, 0.25) is 0 Å². The summed E-state index contributed by atoms with van der Waals surface area (Å²) in [6.45, 7) is 2.50. The fourth-order valence-corrected chi connectivity index (χ4v) is 4.99. The van der Waals surface area contributed by atoms with Crippen molar-refractivity contribution in [2.75, 3.05) is 13.1 Å². The van der Waals surface area contributed by atoms with Gasteiger partial charge in [0.25, 0.3) is 0 Å². The molecule has 392 valence electrons. The van der Waals surface area contributed by atoms with Crippen molar-refractivity contribution in [1.82, 2.24) is 75.1 Å². The van der Waals surface area contributed by atoms with E-state index in [0.29, 0.717) is 0 Å². The molecule has 19 nitrogen and oxygen atoms in total. The zero-order chi connectivity index (χ0) is 53.0. The lowest BCUT2D eigenvalue weighted by atomic mass is 10.2. The van der Waals surface area contributed by atoms with Gasteiger partial charge in [0.2, 0.25) is 0 Å². The van der Waals surface area contributed by atoms with Gasteiger partial charge in [-0.05, 0) is 140 Å². The Morgan fingerprint density at radius 1 is 0.440 bits per heavy atom. The molecule has 12 aromatic rings. The highest BCUT2D eigenvalue weighted by molar-refractivity contribution is 7.07. The van der Waals surface area contributed by atoms with Gasteiger partial charge in [-0.25, -0.2) is 24.3 Å². The zero-order valence-corrected chi connectivity index (χ0v) is 43.6. The van der Waals surface area contributed by atoms with Crippen LogP contribution < -0.4 is 5.32 Å². The fraction of sp³-hybridized carbons (Fsp3) is 0.113. The van der Waals surface area contributed by atoms with Gasteiger partial charge in [0.15, 0.2) is 6.39 Å². The van der Waals surface area contributed by atoms with E-state index in [-0.39, 0.29) is 0 Å². The minimum atomic E-state index is 1.01. The van der Waals surface area contributed by atoms with E-state index in [1.165, 1.54) is 69.1 Å². The number of piperidine rings is 1. The molecule has 4 N–H and O–H groups in total. The molecule has 0 spiro atoms. The van der Waals surface area contributed by atoms with Gasteiger partial charge in [0.05, 0.1) is 49.3 Å². The summed E-state index contributed by atoms with van der Waals surface area (Å²) in [7, 11) is 0. The number of furan rings is 1. The van der Waals surface area contributed by atoms with Crippen LogP contribution in [0, 0.1) is 0 Å². The summed E-state index contributed by atoms with van der Waals surface area (Å²) in [5, 5.41) is 27.9. The molecule has 0 atom stereocenters. The third-order valence-corrected chi connectivity index (χ3v) is 8.58. The summed E-state index contributed by atoms with van der Waals surface area (Å²) in [5.74, 6) is 0. The highest BCUT2D eigenvalue weighted by Gasteiger charge is 1.93. The molecular formula is C53H63N15O4S3. The van der Waals surface area contributed by atoms with Gasteiger partial charge < -0.3 is 33.4 Å². The van der Waals surface area contributed by atoms with Crippen LogP contribution in [-0.2, 0) is 4.74 Å². The molecule has 0 radical (unpaired) electrons.